The van der Waals surface area contributed by atoms with Crippen LogP contribution < -0.4 is 5.32 Å². The smallest absolute Gasteiger partial charge is 0.404 e. The maximum absolute atomic E-state index is 11.0. The van der Waals surface area contributed by atoms with Crippen molar-refractivity contribution in [2.75, 3.05) is 19.8 Å². The van der Waals surface area contributed by atoms with E-state index in [-0.39, 0.29) is 12.4 Å². The molecule has 0 unspecified atom stereocenters. The number of hydrogen-bond acceptors (Lipinski definition) is 3. The molecule has 0 aliphatic heterocycles. The first-order valence-electron chi connectivity index (χ1n) is 4.51. The molecule has 2 N–H and O–H groups in total. The van der Waals surface area contributed by atoms with E-state index in [9.17, 15) is 9.59 Å². The largest absolute Gasteiger partial charge is 0.465 e. The third kappa shape index (κ3) is 10.3. The van der Waals surface area contributed by atoms with Crippen LogP contribution in [0.1, 0.15) is 6.42 Å². The Kier molecular flexibility index (Phi) is 7.99. The van der Waals surface area contributed by atoms with Crippen molar-refractivity contribution in [3.8, 4) is 0 Å². The molecule has 0 aromatic carbocycles. The van der Waals surface area contributed by atoms with Crippen LogP contribution in [0.15, 0.2) is 24.8 Å². The maximum Gasteiger partial charge on any atom is 0.404 e. The monoisotopic (exact) mass is 213 g/mol. The lowest BCUT2D eigenvalue weighted by molar-refractivity contribution is -0.118. The van der Waals surface area contributed by atoms with E-state index in [0.29, 0.717) is 19.6 Å². The van der Waals surface area contributed by atoms with E-state index in [0.717, 1.165) is 0 Å². The fourth-order valence-electron chi connectivity index (χ4n) is 0.768. The SMILES string of the molecule is C=CCOCC(=O)C=CCCNC(=O)O. The Morgan fingerprint density at radius 3 is 2.80 bits per heavy atom. The average Bonchev–Trinajstić information content (AvgIpc) is 2.17. The molecule has 0 aromatic heterocycles. The third-order valence-corrected chi connectivity index (χ3v) is 1.37. The lowest BCUT2D eigenvalue weighted by Crippen LogP contribution is -2.21. The maximum atomic E-state index is 11.0. The number of carbonyl (C=O) groups excluding carboxylic acids is 1. The van der Waals surface area contributed by atoms with Crippen LogP contribution in [0.4, 0.5) is 4.79 Å². The van der Waals surface area contributed by atoms with E-state index in [1.54, 1.807) is 12.2 Å². The van der Waals surface area contributed by atoms with Gasteiger partial charge in [0.1, 0.15) is 6.61 Å². The number of rotatable bonds is 8. The second-order valence-corrected chi connectivity index (χ2v) is 2.69. The minimum absolute atomic E-state index is 0.0227. The Hall–Kier alpha value is -1.62. The molecule has 84 valence electrons. The summed E-state index contributed by atoms with van der Waals surface area (Å²) in [4.78, 5) is 21.1. The molecule has 0 bridgehead atoms. The van der Waals surface area contributed by atoms with Gasteiger partial charge < -0.3 is 15.2 Å². The molecule has 0 aliphatic rings. The van der Waals surface area contributed by atoms with Gasteiger partial charge in [0.15, 0.2) is 5.78 Å². The Labute approximate surface area is 88.4 Å². The number of ketones is 1. The van der Waals surface area contributed by atoms with E-state index in [2.05, 4.69) is 11.9 Å². The van der Waals surface area contributed by atoms with Crippen LogP contribution in [-0.2, 0) is 9.53 Å². The van der Waals surface area contributed by atoms with Gasteiger partial charge in [0.25, 0.3) is 0 Å². The van der Waals surface area contributed by atoms with Crippen LogP contribution in [0.2, 0.25) is 0 Å². The summed E-state index contributed by atoms with van der Waals surface area (Å²) in [7, 11) is 0. The zero-order chi connectivity index (χ0) is 11.5. The second kappa shape index (κ2) is 8.96. The summed E-state index contributed by atoms with van der Waals surface area (Å²) >= 11 is 0. The zero-order valence-electron chi connectivity index (χ0n) is 8.44. The second-order valence-electron chi connectivity index (χ2n) is 2.69. The highest BCUT2D eigenvalue weighted by atomic mass is 16.5. The Balaban J connectivity index is 3.45. The van der Waals surface area contributed by atoms with Crippen molar-refractivity contribution in [1.29, 1.82) is 0 Å². The molecule has 0 radical (unpaired) electrons. The van der Waals surface area contributed by atoms with Crippen molar-refractivity contribution in [3.05, 3.63) is 24.8 Å². The minimum atomic E-state index is -1.07. The normalized spacial score (nSPS) is 10.1. The number of nitrogens with one attached hydrogen (secondary N) is 1. The summed E-state index contributed by atoms with van der Waals surface area (Å²) in [5, 5.41) is 10.4. The van der Waals surface area contributed by atoms with Gasteiger partial charge >= 0.3 is 6.09 Å². The van der Waals surface area contributed by atoms with Crippen LogP contribution in [0.3, 0.4) is 0 Å². The van der Waals surface area contributed by atoms with Crippen LogP contribution >= 0.6 is 0 Å². The van der Waals surface area contributed by atoms with E-state index in [1.807, 2.05) is 0 Å². The van der Waals surface area contributed by atoms with Crippen molar-refractivity contribution in [3.63, 3.8) is 0 Å². The Bertz CT molecular complexity index is 248. The predicted octanol–water partition coefficient (Wildman–Crippen LogP) is 0.972. The number of carbonyl (C=O) groups is 2. The fourth-order valence-corrected chi connectivity index (χ4v) is 0.768. The lowest BCUT2D eigenvalue weighted by Gasteiger charge is -1.96. The van der Waals surface area contributed by atoms with Gasteiger partial charge in [0, 0.05) is 6.54 Å². The van der Waals surface area contributed by atoms with E-state index >= 15 is 0 Å². The first-order valence-corrected chi connectivity index (χ1v) is 4.51. The van der Waals surface area contributed by atoms with Gasteiger partial charge in [0.2, 0.25) is 0 Å². The van der Waals surface area contributed by atoms with Gasteiger partial charge in [-0.15, -0.1) is 6.58 Å². The van der Waals surface area contributed by atoms with Gasteiger partial charge in [-0.25, -0.2) is 4.79 Å². The molecule has 0 rings (SSSR count). The van der Waals surface area contributed by atoms with Gasteiger partial charge in [0.05, 0.1) is 6.61 Å². The number of amides is 1. The Morgan fingerprint density at radius 2 is 2.20 bits per heavy atom. The molecule has 5 nitrogen and oxygen atoms in total. The lowest BCUT2D eigenvalue weighted by atomic mass is 10.3. The number of hydrogen-bond donors (Lipinski definition) is 2. The molecule has 0 fully saturated rings. The van der Waals surface area contributed by atoms with E-state index < -0.39 is 6.09 Å². The number of carboxylic acid groups (broad SMARTS) is 1. The highest BCUT2D eigenvalue weighted by Gasteiger charge is 1.95. The van der Waals surface area contributed by atoms with Crippen LogP contribution in [0.5, 0.6) is 0 Å². The van der Waals surface area contributed by atoms with Crippen LogP contribution in [0, 0.1) is 0 Å². The van der Waals surface area contributed by atoms with Crippen molar-refractivity contribution < 1.29 is 19.4 Å². The van der Waals surface area contributed by atoms with Crippen molar-refractivity contribution in [1.82, 2.24) is 5.32 Å². The summed E-state index contributed by atoms with van der Waals surface area (Å²) in [6.45, 7) is 4.11. The fraction of sp³-hybridized carbons (Fsp3) is 0.400. The summed E-state index contributed by atoms with van der Waals surface area (Å²) in [5.74, 6) is -0.146. The molecular formula is C10H15NO4. The van der Waals surface area contributed by atoms with Crippen LogP contribution in [0.25, 0.3) is 0 Å². The van der Waals surface area contributed by atoms with E-state index in [1.165, 1.54) is 6.08 Å². The van der Waals surface area contributed by atoms with E-state index in [4.69, 9.17) is 9.84 Å². The molecule has 5 heteroatoms. The average molecular weight is 213 g/mol. The molecule has 0 atom stereocenters. The molecule has 15 heavy (non-hydrogen) atoms. The highest BCUT2D eigenvalue weighted by Crippen LogP contribution is 1.85. The molecule has 0 saturated carbocycles. The minimum Gasteiger partial charge on any atom is -0.465 e. The van der Waals surface area contributed by atoms with Crippen LogP contribution in [-0.4, -0.2) is 36.7 Å². The molecule has 0 aromatic rings. The zero-order valence-corrected chi connectivity index (χ0v) is 8.44. The van der Waals surface area contributed by atoms with Gasteiger partial charge in [-0.1, -0.05) is 12.2 Å². The molecule has 1 amide bonds. The summed E-state index contributed by atoms with van der Waals surface area (Å²) in [6.07, 6.45) is 3.97. The highest BCUT2D eigenvalue weighted by molar-refractivity contribution is 5.90. The topological polar surface area (TPSA) is 75.6 Å². The summed E-state index contributed by atoms with van der Waals surface area (Å²) in [6, 6.07) is 0. The molecule has 0 spiro atoms. The van der Waals surface area contributed by atoms with Gasteiger partial charge in [-0.05, 0) is 12.5 Å². The molecule has 0 aliphatic carbocycles. The quantitative estimate of drug-likeness (QED) is 0.358. The standard InChI is InChI=1S/C10H15NO4/c1-2-7-15-8-9(12)5-3-4-6-11-10(13)14/h2-3,5,11H,1,4,6-8H2,(H,13,14). The molecule has 0 saturated heterocycles. The molecular weight excluding hydrogens is 198 g/mol. The van der Waals surface area contributed by atoms with Crippen molar-refractivity contribution >= 4 is 11.9 Å². The summed E-state index contributed by atoms with van der Waals surface area (Å²) in [5.41, 5.74) is 0. The first-order chi connectivity index (χ1) is 7.16. The van der Waals surface area contributed by atoms with Crippen molar-refractivity contribution in [2.45, 2.75) is 6.42 Å². The first kappa shape index (κ1) is 13.4. The third-order valence-electron chi connectivity index (χ3n) is 1.37. The molecule has 0 heterocycles. The van der Waals surface area contributed by atoms with Gasteiger partial charge in [-0.3, -0.25) is 4.79 Å². The number of ether oxygens (including phenoxy) is 1. The van der Waals surface area contributed by atoms with Gasteiger partial charge in [-0.2, -0.15) is 0 Å². The summed E-state index contributed by atoms with van der Waals surface area (Å²) < 4.78 is 4.91. The van der Waals surface area contributed by atoms with Crippen molar-refractivity contribution in [2.24, 2.45) is 0 Å². The predicted molar refractivity (Wildman–Crippen MR) is 55.8 cm³/mol. The Morgan fingerprint density at radius 1 is 1.47 bits per heavy atom.